The Kier molecular flexibility index (Phi) is 4.63. The summed E-state index contributed by atoms with van der Waals surface area (Å²) in [5.74, 6) is 0. The summed E-state index contributed by atoms with van der Waals surface area (Å²) in [6.45, 7) is 4.60. The maximum atomic E-state index is 13.3. The van der Waals surface area contributed by atoms with Crippen LogP contribution in [0.2, 0.25) is 0 Å². The number of allylic oxidation sites excluding steroid dienone is 4. The van der Waals surface area contributed by atoms with Crippen LogP contribution in [0.4, 0.5) is 13.2 Å². The number of hydrogen-bond donors (Lipinski definition) is 0. The predicted octanol–water partition coefficient (Wildman–Crippen LogP) is 6.05. The lowest BCUT2D eigenvalue weighted by molar-refractivity contribution is -0.210. The average molecular weight is 359 g/mol. The lowest BCUT2D eigenvalue weighted by atomic mass is 9.78. The molecule has 1 aromatic carbocycles. The Balaban J connectivity index is 1.96. The number of aryl methyl sites for hydroxylation is 1. The molecule has 1 heterocycles. The van der Waals surface area contributed by atoms with Gasteiger partial charge in [-0.05, 0) is 36.1 Å². The molecule has 0 saturated carbocycles. The molecule has 138 valence electrons. The van der Waals surface area contributed by atoms with Crippen LogP contribution in [0.1, 0.15) is 31.4 Å². The van der Waals surface area contributed by atoms with Gasteiger partial charge in [0.2, 0.25) is 0 Å². The molecule has 0 bridgehead atoms. The Morgan fingerprint density at radius 2 is 1.73 bits per heavy atom. The number of nitrogens with zero attached hydrogens (tertiary/aromatic N) is 1. The molecule has 1 atom stereocenters. The van der Waals surface area contributed by atoms with Gasteiger partial charge in [0, 0.05) is 18.3 Å². The van der Waals surface area contributed by atoms with E-state index in [0.29, 0.717) is 0 Å². The topological polar surface area (TPSA) is 3.24 Å². The standard InChI is InChI=1S/C22H24F3N/c1-15-8-5-6-10-17(15)20-13-12-18-16(9-7-11-19(18)26(20)4)14-21(2,3)22(23,24)25/h5-13,19H,14H2,1-4H3. The second-order valence-electron chi connectivity index (χ2n) is 7.68. The third-order valence-corrected chi connectivity index (χ3v) is 5.32. The van der Waals surface area contributed by atoms with Crippen molar-refractivity contribution in [2.45, 2.75) is 39.4 Å². The summed E-state index contributed by atoms with van der Waals surface area (Å²) in [5, 5.41) is 0. The van der Waals surface area contributed by atoms with Crippen LogP contribution in [0.25, 0.3) is 5.70 Å². The van der Waals surface area contributed by atoms with E-state index in [0.717, 1.165) is 22.4 Å². The molecule has 1 unspecified atom stereocenters. The molecular formula is C22H24F3N. The first kappa shape index (κ1) is 18.6. The van der Waals surface area contributed by atoms with Crippen LogP contribution >= 0.6 is 0 Å². The number of rotatable bonds is 3. The van der Waals surface area contributed by atoms with E-state index in [2.05, 4.69) is 24.0 Å². The summed E-state index contributed by atoms with van der Waals surface area (Å²) in [4.78, 5) is 2.14. The average Bonchev–Trinajstić information content (AvgIpc) is 2.55. The van der Waals surface area contributed by atoms with Gasteiger partial charge in [-0.3, -0.25) is 0 Å². The van der Waals surface area contributed by atoms with Gasteiger partial charge in [-0.1, -0.05) is 62.4 Å². The fourth-order valence-corrected chi connectivity index (χ4v) is 3.52. The maximum Gasteiger partial charge on any atom is 0.394 e. The molecule has 0 N–H and O–H groups in total. The predicted molar refractivity (Wildman–Crippen MR) is 100 cm³/mol. The molecule has 0 radical (unpaired) electrons. The van der Waals surface area contributed by atoms with Gasteiger partial charge in [-0.2, -0.15) is 13.2 Å². The Hall–Kier alpha value is -2.23. The molecule has 1 nitrogen and oxygen atoms in total. The zero-order chi connectivity index (χ0) is 19.1. The van der Waals surface area contributed by atoms with E-state index in [1.807, 2.05) is 49.6 Å². The molecule has 4 heteroatoms. The number of benzene rings is 1. The summed E-state index contributed by atoms with van der Waals surface area (Å²) >= 11 is 0. The van der Waals surface area contributed by atoms with Crippen molar-refractivity contribution in [1.29, 1.82) is 0 Å². The summed E-state index contributed by atoms with van der Waals surface area (Å²) in [6.07, 6.45) is 5.48. The summed E-state index contributed by atoms with van der Waals surface area (Å²) in [7, 11) is 2.00. The van der Waals surface area contributed by atoms with Crippen molar-refractivity contribution >= 4 is 5.70 Å². The van der Waals surface area contributed by atoms with Gasteiger partial charge >= 0.3 is 6.18 Å². The number of alkyl halides is 3. The minimum absolute atomic E-state index is 0.0233. The summed E-state index contributed by atoms with van der Waals surface area (Å²) in [5.41, 5.74) is 3.35. The fraction of sp³-hybridized carbons (Fsp3) is 0.364. The van der Waals surface area contributed by atoms with E-state index in [4.69, 9.17) is 0 Å². The summed E-state index contributed by atoms with van der Waals surface area (Å²) < 4.78 is 40.0. The molecule has 0 amide bonds. The van der Waals surface area contributed by atoms with Crippen molar-refractivity contribution < 1.29 is 13.2 Å². The normalized spacial score (nSPS) is 20.3. The number of hydrogen-bond acceptors (Lipinski definition) is 1. The zero-order valence-corrected chi connectivity index (χ0v) is 15.6. The minimum atomic E-state index is -4.23. The number of halogens is 3. The van der Waals surface area contributed by atoms with Crippen LogP contribution in [0, 0.1) is 12.3 Å². The molecular weight excluding hydrogens is 335 g/mol. The number of fused-ring (bicyclic) bond motifs is 1. The molecule has 0 spiro atoms. The van der Waals surface area contributed by atoms with Gasteiger partial charge < -0.3 is 4.90 Å². The Morgan fingerprint density at radius 3 is 2.38 bits per heavy atom. The molecule has 26 heavy (non-hydrogen) atoms. The van der Waals surface area contributed by atoms with Crippen LogP contribution in [0.5, 0.6) is 0 Å². The van der Waals surface area contributed by atoms with Crippen LogP contribution in [-0.4, -0.2) is 24.2 Å². The molecule has 0 fully saturated rings. The SMILES string of the molecule is Cc1ccccc1C1=CC=C2C(CC(C)(C)C(F)(F)F)=CC=CC2N1C. The van der Waals surface area contributed by atoms with Gasteiger partial charge in [0.05, 0.1) is 11.5 Å². The molecule has 0 aromatic heterocycles. The van der Waals surface area contributed by atoms with Gasteiger partial charge in [0.25, 0.3) is 0 Å². The Bertz CT molecular complexity index is 822. The van der Waals surface area contributed by atoms with Crippen LogP contribution in [-0.2, 0) is 0 Å². The van der Waals surface area contributed by atoms with Gasteiger partial charge in [0.1, 0.15) is 0 Å². The first-order valence-corrected chi connectivity index (χ1v) is 8.77. The van der Waals surface area contributed by atoms with Crippen molar-refractivity contribution in [2.75, 3.05) is 7.05 Å². The largest absolute Gasteiger partial charge is 0.394 e. The van der Waals surface area contributed by atoms with E-state index in [1.54, 1.807) is 0 Å². The minimum Gasteiger partial charge on any atom is -0.364 e. The first-order valence-electron chi connectivity index (χ1n) is 8.77. The summed E-state index contributed by atoms with van der Waals surface area (Å²) in [6, 6.07) is 8.11. The third kappa shape index (κ3) is 3.25. The van der Waals surface area contributed by atoms with Crippen LogP contribution in [0.15, 0.2) is 65.8 Å². The van der Waals surface area contributed by atoms with Gasteiger partial charge in [0.15, 0.2) is 0 Å². The highest BCUT2D eigenvalue weighted by Gasteiger charge is 2.48. The molecule has 2 aliphatic rings. The lowest BCUT2D eigenvalue weighted by Gasteiger charge is -2.39. The lowest BCUT2D eigenvalue weighted by Crippen LogP contribution is -2.37. The van der Waals surface area contributed by atoms with Crippen molar-refractivity contribution in [3.63, 3.8) is 0 Å². The second-order valence-corrected chi connectivity index (χ2v) is 7.68. The second kappa shape index (κ2) is 6.49. The van der Waals surface area contributed by atoms with E-state index < -0.39 is 11.6 Å². The van der Waals surface area contributed by atoms with E-state index >= 15 is 0 Å². The Labute approximate surface area is 153 Å². The smallest absolute Gasteiger partial charge is 0.364 e. The van der Waals surface area contributed by atoms with E-state index in [9.17, 15) is 13.2 Å². The van der Waals surface area contributed by atoms with Crippen LogP contribution < -0.4 is 0 Å². The van der Waals surface area contributed by atoms with Crippen molar-refractivity contribution in [1.82, 2.24) is 4.90 Å². The highest BCUT2D eigenvalue weighted by Crippen LogP contribution is 2.45. The van der Waals surface area contributed by atoms with Gasteiger partial charge in [-0.15, -0.1) is 0 Å². The fourth-order valence-electron chi connectivity index (χ4n) is 3.52. The van der Waals surface area contributed by atoms with Crippen molar-refractivity contribution in [3.8, 4) is 0 Å². The van der Waals surface area contributed by atoms with E-state index in [-0.39, 0.29) is 12.5 Å². The van der Waals surface area contributed by atoms with Crippen molar-refractivity contribution in [2.24, 2.45) is 5.41 Å². The molecule has 1 aliphatic heterocycles. The maximum absolute atomic E-state index is 13.3. The molecule has 3 rings (SSSR count). The third-order valence-electron chi connectivity index (χ3n) is 5.32. The number of likely N-dealkylation sites (N-methyl/N-ethyl adjacent to an activating group) is 1. The monoisotopic (exact) mass is 359 g/mol. The zero-order valence-electron chi connectivity index (χ0n) is 15.6. The van der Waals surface area contributed by atoms with Crippen molar-refractivity contribution in [3.05, 3.63) is 76.9 Å². The van der Waals surface area contributed by atoms with Gasteiger partial charge in [-0.25, -0.2) is 0 Å². The molecule has 0 saturated heterocycles. The quantitative estimate of drug-likeness (QED) is 0.635. The Morgan fingerprint density at radius 1 is 1.04 bits per heavy atom. The molecule has 1 aromatic rings. The molecule has 1 aliphatic carbocycles. The highest BCUT2D eigenvalue weighted by atomic mass is 19.4. The highest BCUT2D eigenvalue weighted by molar-refractivity contribution is 5.72. The first-order chi connectivity index (χ1) is 12.1. The van der Waals surface area contributed by atoms with Crippen LogP contribution in [0.3, 0.4) is 0 Å². The van der Waals surface area contributed by atoms with E-state index in [1.165, 1.54) is 19.4 Å².